The molecule has 1 spiro atoms. The maximum absolute atomic E-state index is 14.6. The molecule has 7 atom stereocenters. The van der Waals surface area contributed by atoms with Gasteiger partial charge in [-0.1, -0.05) is 12.6 Å². The fourth-order valence-corrected chi connectivity index (χ4v) is 8.36. The van der Waals surface area contributed by atoms with Gasteiger partial charge in [-0.3, -0.25) is 25.1 Å². The lowest BCUT2D eigenvalue weighted by molar-refractivity contribution is -0.154. The van der Waals surface area contributed by atoms with Crippen LogP contribution in [0.1, 0.15) is 49.7 Å². The van der Waals surface area contributed by atoms with Crippen molar-refractivity contribution in [1.82, 2.24) is 25.3 Å². The summed E-state index contributed by atoms with van der Waals surface area (Å²) in [7, 11) is 3.83. The van der Waals surface area contributed by atoms with E-state index in [1.54, 1.807) is 12.0 Å². The molecule has 3 aliphatic heterocycles. The van der Waals surface area contributed by atoms with Crippen molar-refractivity contribution in [1.29, 1.82) is 5.26 Å². The lowest BCUT2D eigenvalue weighted by Gasteiger charge is -2.55. The first kappa shape index (κ1) is 30.2. The number of amides is 1. The van der Waals surface area contributed by atoms with E-state index in [1.165, 1.54) is 23.6 Å². The number of nitrogens with one attached hydrogen (secondary N) is 2. The number of likely N-dealkylation sites (N-methyl/N-ethyl adjacent to an activating group) is 1. The lowest BCUT2D eigenvalue weighted by Crippen LogP contribution is -2.74. The Hall–Kier alpha value is -2.81. The molecule has 0 radical (unpaired) electrons. The standard InChI is InChI=1S/C33H46N6O4/c1-4-28(40)39-17-16-38(20-24(39)11-14-34)31-27-10-13-33(12-9-22-7-8-26(42-3)18-23(22)19-33)30(41)29(27)35-32(36-31)43-21-25-6-5-15-37(25)2/h4,7-8,18,24-25,27,29,31-32,35-36H,1,5-6,9-13,15-17,19-21H2,2-3H3/t24?,25?,27?,29?,31?,32?,33-/m0/s1. The maximum atomic E-state index is 14.6. The van der Waals surface area contributed by atoms with Gasteiger partial charge in [0.25, 0.3) is 0 Å². The van der Waals surface area contributed by atoms with Crippen LogP contribution in [0.3, 0.4) is 0 Å². The normalized spacial score (nSPS) is 34.8. The molecule has 0 aromatic heterocycles. The average Bonchev–Trinajstić information content (AvgIpc) is 3.45. The number of methoxy groups -OCH3 is 1. The summed E-state index contributed by atoms with van der Waals surface area (Å²) in [5.41, 5.74) is 2.14. The van der Waals surface area contributed by atoms with Gasteiger partial charge in [-0.2, -0.15) is 5.26 Å². The Morgan fingerprint density at radius 1 is 1.19 bits per heavy atom. The van der Waals surface area contributed by atoms with E-state index in [4.69, 9.17) is 9.47 Å². The first-order valence-corrected chi connectivity index (χ1v) is 15.9. The minimum atomic E-state index is -0.461. The van der Waals surface area contributed by atoms with Crippen LogP contribution in [0, 0.1) is 22.7 Å². The average molecular weight is 591 g/mol. The minimum absolute atomic E-state index is 0.0585. The summed E-state index contributed by atoms with van der Waals surface area (Å²) in [5, 5.41) is 16.9. The van der Waals surface area contributed by atoms with Gasteiger partial charge in [-0.05, 0) is 87.9 Å². The zero-order chi connectivity index (χ0) is 30.1. The van der Waals surface area contributed by atoms with E-state index in [0.717, 1.165) is 50.8 Å². The number of hydrogen-bond acceptors (Lipinski definition) is 9. The molecule has 1 aromatic carbocycles. The number of hydrogen-bond donors (Lipinski definition) is 2. The van der Waals surface area contributed by atoms with Gasteiger partial charge >= 0.3 is 0 Å². The van der Waals surface area contributed by atoms with E-state index < -0.39 is 11.8 Å². The number of nitriles is 1. The molecule has 0 bridgehead atoms. The third kappa shape index (κ3) is 5.86. The number of nitrogens with zero attached hydrogens (tertiary/aromatic N) is 4. The van der Waals surface area contributed by atoms with Gasteiger partial charge in [-0.15, -0.1) is 0 Å². The van der Waals surface area contributed by atoms with Gasteiger partial charge in [0, 0.05) is 37.0 Å². The summed E-state index contributed by atoms with van der Waals surface area (Å²) in [6.07, 6.45) is 7.57. The maximum Gasteiger partial charge on any atom is 0.246 e. The molecule has 2 aliphatic carbocycles. The smallest absolute Gasteiger partial charge is 0.246 e. The number of piperazine rings is 1. The SMILES string of the molecule is C=CC(=O)N1CCN(C2NC(OCC3CCCN3C)NC3C(=O)[C@@]4(CCc5ccc(OC)cc5C4)CCC32)CC1CC#N. The summed E-state index contributed by atoms with van der Waals surface area (Å²) in [6, 6.07) is 8.36. The molecule has 1 saturated carbocycles. The third-order valence-corrected chi connectivity index (χ3v) is 10.9. The van der Waals surface area contributed by atoms with E-state index in [2.05, 4.69) is 52.3 Å². The Morgan fingerprint density at radius 3 is 2.79 bits per heavy atom. The van der Waals surface area contributed by atoms with Crippen LogP contribution in [0.25, 0.3) is 0 Å². The number of carbonyl (C=O) groups is 2. The fourth-order valence-electron chi connectivity index (χ4n) is 8.36. The van der Waals surface area contributed by atoms with Gasteiger partial charge in [0.2, 0.25) is 5.91 Å². The Bertz CT molecular complexity index is 1270. The molecular weight excluding hydrogens is 544 g/mol. The molecule has 1 amide bonds. The Morgan fingerprint density at radius 2 is 2.05 bits per heavy atom. The van der Waals surface area contributed by atoms with E-state index in [0.29, 0.717) is 38.1 Å². The largest absolute Gasteiger partial charge is 0.497 e. The summed E-state index contributed by atoms with van der Waals surface area (Å²) < 4.78 is 12.0. The lowest BCUT2D eigenvalue weighted by atomic mass is 9.59. The van der Waals surface area contributed by atoms with E-state index >= 15 is 0 Å². The zero-order valence-corrected chi connectivity index (χ0v) is 25.6. The third-order valence-electron chi connectivity index (χ3n) is 10.9. The number of ketones is 1. The molecule has 10 nitrogen and oxygen atoms in total. The molecule has 6 rings (SSSR count). The second kappa shape index (κ2) is 12.7. The molecule has 3 saturated heterocycles. The predicted molar refractivity (Wildman–Crippen MR) is 162 cm³/mol. The highest BCUT2D eigenvalue weighted by atomic mass is 16.5. The number of Topliss-reactive ketones (excluding diaryl/α,β-unsaturated/α-hetero) is 1. The van der Waals surface area contributed by atoms with Gasteiger partial charge in [0.05, 0.1) is 44.5 Å². The van der Waals surface area contributed by atoms with Crippen LogP contribution in [0.4, 0.5) is 0 Å². The van der Waals surface area contributed by atoms with E-state index in [1.807, 2.05) is 6.07 Å². The highest BCUT2D eigenvalue weighted by molar-refractivity contribution is 5.91. The topological polar surface area (TPSA) is 110 Å². The molecule has 43 heavy (non-hydrogen) atoms. The summed E-state index contributed by atoms with van der Waals surface area (Å²) in [5.74, 6) is 1.05. The van der Waals surface area contributed by atoms with Gasteiger partial charge in [0.15, 0.2) is 12.1 Å². The molecular formula is C33H46N6O4. The van der Waals surface area contributed by atoms with Crippen LogP contribution in [-0.4, -0.2) is 104 Å². The molecule has 232 valence electrons. The van der Waals surface area contributed by atoms with Crippen molar-refractivity contribution in [2.75, 3.05) is 46.9 Å². The van der Waals surface area contributed by atoms with Crippen molar-refractivity contribution < 1.29 is 19.1 Å². The van der Waals surface area contributed by atoms with Crippen LogP contribution >= 0.6 is 0 Å². The van der Waals surface area contributed by atoms with E-state index in [9.17, 15) is 14.9 Å². The van der Waals surface area contributed by atoms with Gasteiger partial charge in [0.1, 0.15) is 5.75 Å². The molecule has 10 heteroatoms. The van der Waals surface area contributed by atoms with Gasteiger partial charge < -0.3 is 19.3 Å². The molecule has 4 fully saturated rings. The van der Waals surface area contributed by atoms with Crippen LogP contribution in [-0.2, 0) is 27.2 Å². The van der Waals surface area contributed by atoms with Crippen LogP contribution < -0.4 is 15.4 Å². The number of likely N-dealkylation sites (tertiary alicyclic amines) is 1. The first-order valence-electron chi connectivity index (χ1n) is 15.9. The van der Waals surface area contributed by atoms with Crippen molar-refractivity contribution >= 4 is 11.7 Å². The number of rotatable bonds is 7. The molecule has 3 heterocycles. The molecule has 2 N–H and O–H groups in total. The number of fused-ring (bicyclic) bond motifs is 2. The molecule has 6 unspecified atom stereocenters. The van der Waals surface area contributed by atoms with Crippen molar-refractivity contribution in [3.8, 4) is 11.8 Å². The van der Waals surface area contributed by atoms with Crippen molar-refractivity contribution in [3.63, 3.8) is 0 Å². The Balaban J connectivity index is 1.24. The minimum Gasteiger partial charge on any atom is -0.497 e. The monoisotopic (exact) mass is 590 g/mol. The van der Waals surface area contributed by atoms with E-state index in [-0.39, 0.29) is 36.5 Å². The highest BCUT2D eigenvalue weighted by Crippen LogP contribution is 2.48. The van der Waals surface area contributed by atoms with Crippen molar-refractivity contribution in [2.45, 2.75) is 82.0 Å². The van der Waals surface area contributed by atoms with Crippen molar-refractivity contribution in [3.05, 3.63) is 42.0 Å². The zero-order valence-electron chi connectivity index (χ0n) is 25.6. The summed E-state index contributed by atoms with van der Waals surface area (Å²) >= 11 is 0. The second-order valence-corrected chi connectivity index (χ2v) is 13.2. The van der Waals surface area contributed by atoms with Crippen LogP contribution in [0.5, 0.6) is 5.75 Å². The Kier molecular flexibility index (Phi) is 8.90. The first-order chi connectivity index (χ1) is 20.9. The quantitative estimate of drug-likeness (QED) is 0.461. The number of aryl methyl sites for hydroxylation is 1. The Labute approximate surface area is 255 Å². The number of carbonyl (C=O) groups excluding carboxylic acids is 2. The highest BCUT2D eigenvalue weighted by Gasteiger charge is 2.55. The second-order valence-electron chi connectivity index (χ2n) is 13.2. The molecule has 1 aromatic rings. The fraction of sp³-hybridized carbons (Fsp3) is 0.667. The molecule has 5 aliphatic rings. The number of benzene rings is 1. The van der Waals surface area contributed by atoms with Crippen molar-refractivity contribution in [2.24, 2.45) is 11.3 Å². The van der Waals surface area contributed by atoms with Crippen LogP contribution in [0.15, 0.2) is 30.9 Å². The summed E-state index contributed by atoms with van der Waals surface area (Å²) in [6.45, 7) is 7.08. The van der Waals surface area contributed by atoms with Crippen LogP contribution in [0.2, 0.25) is 0 Å². The number of ether oxygens (including phenoxy) is 2. The van der Waals surface area contributed by atoms with Gasteiger partial charge in [-0.25, -0.2) is 0 Å². The summed E-state index contributed by atoms with van der Waals surface area (Å²) in [4.78, 5) is 33.7. The predicted octanol–water partition coefficient (Wildman–Crippen LogP) is 2.04.